The highest BCUT2D eigenvalue weighted by Crippen LogP contribution is 2.36. The monoisotopic (exact) mass is 653 g/mol. The van der Waals surface area contributed by atoms with Gasteiger partial charge in [0.1, 0.15) is 0 Å². The molecule has 2 unspecified atom stereocenters. The van der Waals surface area contributed by atoms with Crippen LogP contribution in [0.1, 0.15) is 18.4 Å². The molecule has 2 atom stereocenters. The molecule has 2 fully saturated rings. The number of pyridine rings is 1. The number of hydrogen-bond acceptors (Lipinski definition) is 9. The Morgan fingerprint density at radius 2 is 1.39 bits per heavy atom. The fourth-order valence-electron chi connectivity index (χ4n) is 3.59. The fourth-order valence-corrected chi connectivity index (χ4v) is 3.59. The van der Waals surface area contributed by atoms with Crippen LogP contribution in [0, 0.1) is 0 Å². The molecule has 0 saturated carbocycles. The minimum atomic E-state index is -5.08. The molecule has 4 rings (SSSR count). The minimum absolute atomic E-state index is 0.0192. The van der Waals surface area contributed by atoms with Crippen molar-refractivity contribution in [2.75, 3.05) is 25.0 Å². The summed E-state index contributed by atoms with van der Waals surface area (Å²) in [6, 6.07) is 6.23. The Morgan fingerprint density at radius 3 is 1.82 bits per heavy atom. The Labute approximate surface area is 241 Å². The van der Waals surface area contributed by atoms with Crippen LogP contribution < -0.4 is 5.32 Å². The predicted molar refractivity (Wildman–Crippen MR) is 128 cm³/mol. The van der Waals surface area contributed by atoms with Crippen LogP contribution in [-0.2, 0) is 25.7 Å². The first-order chi connectivity index (χ1) is 20.1. The van der Waals surface area contributed by atoms with Gasteiger partial charge in [0.2, 0.25) is 5.95 Å². The van der Waals surface area contributed by atoms with Gasteiger partial charge in [-0.2, -0.15) is 39.5 Å². The first-order valence-electron chi connectivity index (χ1n) is 11.8. The second kappa shape index (κ2) is 16.0. The highest BCUT2D eigenvalue weighted by atomic mass is 19.4. The zero-order valence-corrected chi connectivity index (χ0v) is 22.0. The van der Waals surface area contributed by atoms with E-state index in [4.69, 9.17) is 34.4 Å². The molecule has 0 bridgehead atoms. The van der Waals surface area contributed by atoms with E-state index >= 15 is 0 Å². The second-order valence-electron chi connectivity index (χ2n) is 8.84. The van der Waals surface area contributed by atoms with E-state index < -0.39 is 36.4 Å². The average Bonchev–Trinajstić information content (AvgIpc) is 3.49. The highest BCUT2D eigenvalue weighted by molar-refractivity contribution is 5.73. The van der Waals surface area contributed by atoms with Gasteiger partial charge in [-0.1, -0.05) is 6.07 Å². The fraction of sp³-hybridized carbons (Fsp3) is 0.478. The van der Waals surface area contributed by atoms with Crippen molar-refractivity contribution in [1.82, 2.24) is 19.9 Å². The number of halogens is 9. The number of ether oxygens (including phenoxy) is 1. The third-order valence-corrected chi connectivity index (χ3v) is 5.36. The van der Waals surface area contributed by atoms with Crippen molar-refractivity contribution in [3.05, 3.63) is 48.5 Å². The maximum atomic E-state index is 10.6. The number of anilines is 1. The summed E-state index contributed by atoms with van der Waals surface area (Å²) in [5, 5.41) is 24.8. The molecule has 0 amide bonds. The Bertz CT molecular complexity index is 1090. The molecule has 2 aliphatic rings. The molecule has 246 valence electrons. The summed E-state index contributed by atoms with van der Waals surface area (Å²) < 4.78 is 101. The molecular formula is C23H24F9N5O7. The lowest BCUT2D eigenvalue weighted by molar-refractivity contribution is -0.193. The topological polar surface area (TPSA) is 175 Å². The third-order valence-electron chi connectivity index (χ3n) is 5.36. The Kier molecular flexibility index (Phi) is 13.7. The number of aliphatic carboxylic acids is 3. The average molecular weight is 653 g/mol. The first-order valence-corrected chi connectivity index (χ1v) is 11.8. The zero-order valence-electron chi connectivity index (χ0n) is 22.0. The molecule has 44 heavy (non-hydrogen) atoms. The van der Waals surface area contributed by atoms with Crippen LogP contribution in [0.5, 0.6) is 0 Å². The van der Waals surface area contributed by atoms with Crippen LogP contribution in [0.25, 0.3) is 0 Å². The van der Waals surface area contributed by atoms with Gasteiger partial charge < -0.3 is 25.4 Å². The van der Waals surface area contributed by atoms with Crippen LogP contribution >= 0.6 is 0 Å². The number of nitrogens with zero attached hydrogens (tertiary/aromatic N) is 4. The van der Waals surface area contributed by atoms with Gasteiger partial charge in [-0.25, -0.2) is 24.4 Å². The lowest BCUT2D eigenvalue weighted by Crippen LogP contribution is -2.33. The Hall–Kier alpha value is -4.27. The van der Waals surface area contributed by atoms with Gasteiger partial charge in [0.25, 0.3) is 0 Å². The Balaban J connectivity index is 0.000000379. The van der Waals surface area contributed by atoms with Gasteiger partial charge in [-0.15, -0.1) is 0 Å². The molecule has 2 saturated heterocycles. The summed E-state index contributed by atoms with van der Waals surface area (Å²) >= 11 is 0. The molecular weight excluding hydrogens is 629 g/mol. The summed E-state index contributed by atoms with van der Waals surface area (Å²) in [6.45, 7) is 3.72. The van der Waals surface area contributed by atoms with E-state index in [-0.39, 0.29) is 11.6 Å². The van der Waals surface area contributed by atoms with Crippen LogP contribution in [0.4, 0.5) is 45.5 Å². The third kappa shape index (κ3) is 14.3. The van der Waals surface area contributed by atoms with Crippen molar-refractivity contribution in [1.29, 1.82) is 0 Å². The molecule has 4 heterocycles. The maximum Gasteiger partial charge on any atom is 0.490 e. The molecule has 4 N–H and O–H groups in total. The normalized spacial score (nSPS) is 19.8. The molecule has 1 spiro atoms. The molecule has 0 aliphatic carbocycles. The van der Waals surface area contributed by atoms with Crippen LogP contribution in [-0.4, -0.2) is 103 Å². The summed E-state index contributed by atoms with van der Waals surface area (Å²) in [6.07, 6.45) is -5.89. The number of rotatable bonds is 4. The van der Waals surface area contributed by atoms with Gasteiger partial charge in [0.15, 0.2) is 0 Å². The summed E-state index contributed by atoms with van der Waals surface area (Å²) in [5.41, 5.74) is 1.24. The molecule has 21 heteroatoms. The van der Waals surface area contributed by atoms with Crippen molar-refractivity contribution < 1.29 is 74.0 Å². The predicted octanol–water partition coefficient (Wildman–Crippen LogP) is 3.62. The molecule has 2 aromatic heterocycles. The van der Waals surface area contributed by atoms with Gasteiger partial charge in [-0.05, 0) is 24.1 Å². The van der Waals surface area contributed by atoms with Gasteiger partial charge in [0, 0.05) is 50.8 Å². The maximum absolute atomic E-state index is 10.6. The van der Waals surface area contributed by atoms with E-state index in [1.165, 1.54) is 5.56 Å². The number of carbonyl (C=O) groups is 3. The van der Waals surface area contributed by atoms with Crippen molar-refractivity contribution in [2.45, 2.75) is 49.6 Å². The van der Waals surface area contributed by atoms with Crippen molar-refractivity contribution in [2.24, 2.45) is 0 Å². The van der Waals surface area contributed by atoms with E-state index in [9.17, 15) is 39.5 Å². The summed E-state index contributed by atoms with van der Waals surface area (Å²) in [5.74, 6) is -7.59. The van der Waals surface area contributed by atoms with Crippen molar-refractivity contribution in [3.8, 4) is 0 Å². The molecule has 0 radical (unpaired) electrons. The second-order valence-corrected chi connectivity index (χ2v) is 8.84. The van der Waals surface area contributed by atoms with Crippen LogP contribution in [0.2, 0.25) is 0 Å². The van der Waals surface area contributed by atoms with Crippen molar-refractivity contribution >= 4 is 23.9 Å². The highest BCUT2D eigenvalue weighted by Gasteiger charge is 2.45. The first kappa shape index (κ1) is 37.8. The minimum Gasteiger partial charge on any atom is -0.475 e. The number of carboxylic acids is 3. The van der Waals surface area contributed by atoms with E-state index in [0.717, 1.165) is 39.1 Å². The van der Waals surface area contributed by atoms with Crippen LogP contribution in [0.15, 0.2) is 43.0 Å². The van der Waals surface area contributed by atoms with E-state index in [2.05, 4.69) is 31.2 Å². The number of aromatic nitrogens is 3. The van der Waals surface area contributed by atoms with Gasteiger partial charge in [-0.3, -0.25) is 9.88 Å². The molecule has 2 aromatic rings. The smallest absolute Gasteiger partial charge is 0.475 e. The lowest BCUT2D eigenvalue weighted by atomic mass is 9.97. The molecule has 12 nitrogen and oxygen atoms in total. The Morgan fingerprint density at radius 1 is 0.886 bits per heavy atom. The van der Waals surface area contributed by atoms with Crippen LogP contribution in [0.3, 0.4) is 0 Å². The van der Waals surface area contributed by atoms with Gasteiger partial charge >= 0.3 is 36.4 Å². The van der Waals surface area contributed by atoms with Gasteiger partial charge in [0.05, 0.1) is 18.2 Å². The summed E-state index contributed by atoms with van der Waals surface area (Å²) in [7, 11) is 0. The number of hydrogen-bond donors (Lipinski definition) is 4. The largest absolute Gasteiger partial charge is 0.490 e. The SMILES string of the molecule is O=C(O)C(F)(F)F.O=C(O)C(F)(F)F.O=C(O)C(F)(F)F.c1cnc(NC2COC3(CCN(Cc4cccnc4)C3)C2)nc1. The number of nitrogens with one attached hydrogen (secondary N) is 1. The number of carboxylic acid groups (broad SMARTS) is 3. The van der Waals surface area contributed by atoms with E-state index in [1.807, 2.05) is 24.5 Å². The van der Waals surface area contributed by atoms with E-state index in [1.54, 1.807) is 12.4 Å². The number of likely N-dealkylation sites (tertiary alicyclic amines) is 1. The lowest BCUT2D eigenvalue weighted by Gasteiger charge is -2.23. The van der Waals surface area contributed by atoms with E-state index in [0.29, 0.717) is 5.95 Å². The summed E-state index contributed by atoms with van der Waals surface area (Å²) in [4.78, 5) is 41.8. The molecule has 2 aliphatic heterocycles. The number of alkyl halides is 9. The quantitative estimate of drug-likeness (QED) is 0.354. The van der Waals surface area contributed by atoms with Crippen molar-refractivity contribution in [3.63, 3.8) is 0 Å². The molecule has 0 aromatic carbocycles. The zero-order chi connectivity index (χ0) is 33.8. The standard InChI is InChI=1S/C17H21N5O.3C2HF3O2/c1-3-14(10-18-5-1)11-22-8-4-17(13-22)9-15(12-23-17)21-16-19-6-2-7-20-16;3*3-2(4,5)1(6)7/h1-3,5-7,10,15H,4,8-9,11-13H2,(H,19,20,21);3*(H,6,7).